The van der Waals surface area contributed by atoms with E-state index in [1.807, 2.05) is 32.0 Å². The zero-order chi connectivity index (χ0) is 13.7. The second-order valence-electron chi connectivity index (χ2n) is 4.19. The van der Waals surface area contributed by atoms with Crippen molar-refractivity contribution in [1.29, 1.82) is 0 Å². The first-order valence-electron chi connectivity index (χ1n) is 5.82. The van der Waals surface area contributed by atoms with Gasteiger partial charge in [-0.3, -0.25) is 9.00 Å². The summed E-state index contributed by atoms with van der Waals surface area (Å²) in [7, 11) is -1.34. The number of hydrogen-bond acceptors (Lipinski definition) is 3. The number of amides is 1. The molecule has 18 heavy (non-hydrogen) atoms. The summed E-state index contributed by atoms with van der Waals surface area (Å²) in [5, 5.41) is 10.9. The van der Waals surface area contributed by atoms with E-state index >= 15 is 0 Å². The predicted molar refractivity (Wildman–Crippen MR) is 74.1 cm³/mol. The molecule has 1 rings (SSSR count). The highest BCUT2D eigenvalue weighted by atomic mass is 32.2. The SMILES string of the molecule is Cc1cccc(NC(=O)C(C)S(=O)CCO)c1C. The molecule has 100 valence electrons. The van der Waals surface area contributed by atoms with Crippen LogP contribution in [0, 0.1) is 13.8 Å². The fourth-order valence-corrected chi connectivity index (χ4v) is 2.34. The van der Waals surface area contributed by atoms with E-state index in [1.165, 1.54) is 0 Å². The summed E-state index contributed by atoms with van der Waals surface area (Å²) in [6.07, 6.45) is 0. The van der Waals surface area contributed by atoms with E-state index in [9.17, 15) is 9.00 Å². The van der Waals surface area contributed by atoms with Gasteiger partial charge in [-0.25, -0.2) is 0 Å². The van der Waals surface area contributed by atoms with Crippen LogP contribution in [-0.4, -0.2) is 32.8 Å². The van der Waals surface area contributed by atoms with Crippen molar-refractivity contribution in [3.63, 3.8) is 0 Å². The number of aliphatic hydroxyl groups excluding tert-OH is 1. The van der Waals surface area contributed by atoms with Crippen molar-refractivity contribution in [2.24, 2.45) is 0 Å². The summed E-state index contributed by atoms with van der Waals surface area (Å²) in [5.41, 5.74) is 2.84. The van der Waals surface area contributed by atoms with Gasteiger partial charge in [-0.2, -0.15) is 0 Å². The molecule has 5 heteroatoms. The number of carbonyl (C=O) groups is 1. The Morgan fingerprint density at radius 2 is 2.11 bits per heavy atom. The smallest absolute Gasteiger partial charge is 0.239 e. The second kappa shape index (κ2) is 6.66. The van der Waals surface area contributed by atoms with E-state index in [-0.39, 0.29) is 18.3 Å². The van der Waals surface area contributed by atoms with Crippen LogP contribution in [0.15, 0.2) is 18.2 Å². The molecule has 0 aliphatic rings. The van der Waals surface area contributed by atoms with Crippen LogP contribution in [0.25, 0.3) is 0 Å². The quantitative estimate of drug-likeness (QED) is 0.848. The highest BCUT2D eigenvalue weighted by molar-refractivity contribution is 7.86. The summed E-state index contributed by atoms with van der Waals surface area (Å²) in [6.45, 7) is 5.33. The van der Waals surface area contributed by atoms with Crippen LogP contribution in [0.3, 0.4) is 0 Å². The molecule has 2 unspecified atom stereocenters. The minimum absolute atomic E-state index is 0.126. The van der Waals surface area contributed by atoms with Gasteiger partial charge >= 0.3 is 0 Å². The Labute approximate surface area is 110 Å². The molecule has 0 bridgehead atoms. The van der Waals surface area contributed by atoms with Crippen LogP contribution in [-0.2, 0) is 15.6 Å². The molecule has 0 aliphatic carbocycles. The number of anilines is 1. The average molecular weight is 269 g/mol. The molecule has 4 nitrogen and oxygen atoms in total. The van der Waals surface area contributed by atoms with Gasteiger partial charge in [0.25, 0.3) is 0 Å². The van der Waals surface area contributed by atoms with E-state index in [4.69, 9.17) is 5.11 Å². The van der Waals surface area contributed by atoms with Gasteiger partial charge in [0.15, 0.2) is 0 Å². The standard InChI is InChI=1S/C13H19NO3S/c1-9-5-4-6-12(10(9)2)14-13(16)11(3)18(17)8-7-15/h4-6,11,15H,7-8H2,1-3H3,(H,14,16). The van der Waals surface area contributed by atoms with Crippen LogP contribution in [0.1, 0.15) is 18.1 Å². The summed E-state index contributed by atoms with van der Waals surface area (Å²) in [5.74, 6) is -0.156. The summed E-state index contributed by atoms with van der Waals surface area (Å²) in [4.78, 5) is 11.9. The molecule has 1 amide bonds. The number of hydrogen-bond donors (Lipinski definition) is 2. The fraction of sp³-hybridized carbons (Fsp3) is 0.462. The van der Waals surface area contributed by atoms with Crippen LogP contribution in [0.5, 0.6) is 0 Å². The zero-order valence-electron chi connectivity index (χ0n) is 10.9. The van der Waals surface area contributed by atoms with E-state index in [0.29, 0.717) is 0 Å². The maximum absolute atomic E-state index is 11.9. The van der Waals surface area contributed by atoms with Gasteiger partial charge in [-0.1, -0.05) is 12.1 Å². The Morgan fingerprint density at radius 1 is 1.44 bits per heavy atom. The number of carbonyl (C=O) groups excluding carboxylic acids is 1. The molecular weight excluding hydrogens is 250 g/mol. The summed E-state index contributed by atoms with van der Waals surface area (Å²) < 4.78 is 11.6. The maximum atomic E-state index is 11.9. The van der Waals surface area contributed by atoms with Gasteiger partial charge in [0, 0.05) is 22.2 Å². The van der Waals surface area contributed by atoms with E-state index in [0.717, 1.165) is 16.8 Å². The third-order valence-electron chi connectivity index (χ3n) is 2.92. The fourth-order valence-electron chi connectivity index (χ4n) is 1.51. The van der Waals surface area contributed by atoms with E-state index in [2.05, 4.69) is 5.32 Å². The predicted octanol–water partition coefficient (Wildman–Crippen LogP) is 1.37. The van der Waals surface area contributed by atoms with Crippen molar-refractivity contribution in [1.82, 2.24) is 0 Å². The average Bonchev–Trinajstić information content (AvgIpc) is 2.34. The Kier molecular flexibility index (Phi) is 5.50. The van der Waals surface area contributed by atoms with Crippen molar-refractivity contribution in [2.75, 3.05) is 17.7 Å². The molecule has 0 spiro atoms. The van der Waals surface area contributed by atoms with Gasteiger partial charge in [0.1, 0.15) is 5.25 Å². The van der Waals surface area contributed by atoms with Gasteiger partial charge in [-0.05, 0) is 38.0 Å². The summed E-state index contributed by atoms with van der Waals surface area (Å²) in [6, 6.07) is 5.66. The molecule has 0 fully saturated rings. The Hall–Kier alpha value is -1.20. The number of rotatable bonds is 5. The Bertz CT molecular complexity index is 460. The lowest BCUT2D eigenvalue weighted by atomic mass is 10.1. The Balaban J connectivity index is 2.75. The van der Waals surface area contributed by atoms with Gasteiger partial charge in [-0.15, -0.1) is 0 Å². The highest BCUT2D eigenvalue weighted by Gasteiger charge is 2.20. The van der Waals surface area contributed by atoms with Crippen molar-refractivity contribution < 1.29 is 14.1 Å². The van der Waals surface area contributed by atoms with E-state index < -0.39 is 16.0 Å². The minimum atomic E-state index is -1.34. The number of aryl methyl sites for hydroxylation is 1. The number of nitrogens with one attached hydrogen (secondary N) is 1. The van der Waals surface area contributed by atoms with Crippen LogP contribution < -0.4 is 5.32 Å². The van der Waals surface area contributed by atoms with Gasteiger partial charge in [0.2, 0.25) is 5.91 Å². The molecule has 0 aromatic heterocycles. The third kappa shape index (κ3) is 3.65. The molecule has 0 saturated carbocycles. The Morgan fingerprint density at radius 3 is 2.72 bits per heavy atom. The van der Waals surface area contributed by atoms with Crippen molar-refractivity contribution in [3.05, 3.63) is 29.3 Å². The lowest BCUT2D eigenvalue weighted by Gasteiger charge is -2.14. The molecule has 2 N–H and O–H groups in total. The van der Waals surface area contributed by atoms with Crippen LogP contribution in [0.2, 0.25) is 0 Å². The largest absolute Gasteiger partial charge is 0.395 e. The number of benzene rings is 1. The monoisotopic (exact) mass is 269 g/mol. The molecule has 1 aromatic carbocycles. The van der Waals surface area contributed by atoms with Crippen LogP contribution in [0.4, 0.5) is 5.69 Å². The molecule has 0 heterocycles. The highest BCUT2D eigenvalue weighted by Crippen LogP contribution is 2.18. The first kappa shape index (κ1) is 14.9. The minimum Gasteiger partial charge on any atom is -0.395 e. The lowest BCUT2D eigenvalue weighted by Crippen LogP contribution is -2.31. The molecule has 1 aromatic rings. The lowest BCUT2D eigenvalue weighted by molar-refractivity contribution is -0.115. The van der Waals surface area contributed by atoms with Gasteiger partial charge in [0.05, 0.1) is 6.61 Å². The van der Waals surface area contributed by atoms with Crippen molar-refractivity contribution in [2.45, 2.75) is 26.0 Å². The van der Waals surface area contributed by atoms with Crippen molar-refractivity contribution >= 4 is 22.4 Å². The zero-order valence-corrected chi connectivity index (χ0v) is 11.7. The van der Waals surface area contributed by atoms with Crippen molar-refractivity contribution in [3.8, 4) is 0 Å². The number of aliphatic hydroxyl groups is 1. The first-order valence-corrected chi connectivity index (χ1v) is 7.20. The molecule has 0 aliphatic heterocycles. The van der Waals surface area contributed by atoms with Crippen LogP contribution >= 0.6 is 0 Å². The van der Waals surface area contributed by atoms with Gasteiger partial charge < -0.3 is 10.4 Å². The molecule has 0 saturated heterocycles. The molecular formula is C13H19NO3S. The van der Waals surface area contributed by atoms with E-state index in [1.54, 1.807) is 6.92 Å². The second-order valence-corrected chi connectivity index (χ2v) is 6.06. The molecule has 2 atom stereocenters. The topological polar surface area (TPSA) is 66.4 Å². The maximum Gasteiger partial charge on any atom is 0.239 e. The molecule has 0 radical (unpaired) electrons. The first-order chi connectivity index (χ1) is 8.47. The third-order valence-corrected chi connectivity index (χ3v) is 4.51. The normalized spacial score (nSPS) is 14.0. The summed E-state index contributed by atoms with van der Waals surface area (Å²) >= 11 is 0.